The Hall–Kier alpha value is -1.77. The molecule has 0 aliphatic rings. The Balaban J connectivity index is 4.39. The Kier molecular flexibility index (Phi) is 35.6. The van der Waals surface area contributed by atoms with Gasteiger partial charge in [-0.15, -0.1) is 0 Å². The van der Waals surface area contributed by atoms with Crippen molar-refractivity contribution in [2.75, 3.05) is 47.5 Å². The van der Waals surface area contributed by atoms with Crippen LogP contribution in [0.25, 0.3) is 0 Å². The first-order valence-corrected chi connectivity index (χ1v) is 23.2. The molecule has 0 spiro atoms. The zero-order valence-electron chi connectivity index (χ0n) is 35.4. The molecular formula is C44H82NO8P. The summed E-state index contributed by atoms with van der Waals surface area (Å²) in [4.78, 5) is 37.5. The quantitative estimate of drug-likeness (QED) is 0.0151. The van der Waals surface area contributed by atoms with Crippen LogP contribution in [-0.2, 0) is 32.7 Å². The Labute approximate surface area is 331 Å². The molecule has 54 heavy (non-hydrogen) atoms. The number of quaternary nitrogens is 1. The molecule has 0 fully saturated rings. The van der Waals surface area contributed by atoms with Crippen molar-refractivity contribution in [3.05, 3.63) is 36.5 Å². The number of nitrogens with zero attached hydrogens (tertiary/aromatic N) is 1. The van der Waals surface area contributed by atoms with E-state index in [-0.39, 0.29) is 26.1 Å². The molecule has 10 heteroatoms. The maximum absolute atomic E-state index is 12.7. The van der Waals surface area contributed by atoms with Gasteiger partial charge >= 0.3 is 11.9 Å². The van der Waals surface area contributed by atoms with Crippen LogP contribution in [0.2, 0.25) is 0 Å². The molecule has 0 amide bonds. The summed E-state index contributed by atoms with van der Waals surface area (Å²) in [5.41, 5.74) is 0. The highest BCUT2D eigenvalue weighted by Crippen LogP contribution is 2.38. The van der Waals surface area contributed by atoms with Gasteiger partial charge in [-0.2, -0.15) is 0 Å². The summed E-state index contributed by atoms with van der Waals surface area (Å²) < 4.78 is 33.9. The summed E-state index contributed by atoms with van der Waals surface area (Å²) in [6.45, 7) is 4.15. The fourth-order valence-electron chi connectivity index (χ4n) is 5.68. The highest BCUT2D eigenvalue weighted by molar-refractivity contribution is 7.45. The number of phosphoric acid groups is 1. The number of likely N-dealkylation sites (N-methyl/N-ethyl adjacent to an activating group) is 1. The third-order valence-corrected chi connectivity index (χ3v) is 10.1. The Bertz CT molecular complexity index is 1020. The van der Waals surface area contributed by atoms with Gasteiger partial charge in [0.2, 0.25) is 0 Å². The lowest BCUT2D eigenvalue weighted by atomic mass is 10.1. The second-order valence-corrected chi connectivity index (χ2v) is 17.1. The van der Waals surface area contributed by atoms with Crippen LogP contribution in [0, 0.1) is 0 Å². The normalized spacial score (nSPS) is 14.0. The van der Waals surface area contributed by atoms with Crippen LogP contribution in [0.4, 0.5) is 0 Å². The molecule has 0 aromatic heterocycles. The minimum absolute atomic E-state index is 0.0339. The van der Waals surface area contributed by atoms with Crippen molar-refractivity contribution in [2.45, 2.75) is 187 Å². The van der Waals surface area contributed by atoms with E-state index >= 15 is 0 Å². The monoisotopic (exact) mass is 784 g/mol. The first-order valence-electron chi connectivity index (χ1n) is 21.7. The highest BCUT2D eigenvalue weighted by Gasteiger charge is 2.21. The number of carbonyl (C=O) groups is 2. The summed E-state index contributed by atoms with van der Waals surface area (Å²) in [5.74, 6) is -0.854. The Morgan fingerprint density at radius 3 is 1.54 bits per heavy atom. The molecule has 316 valence electrons. The number of rotatable bonds is 39. The van der Waals surface area contributed by atoms with Gasteiger partial charge in [-0.05, 0) is 57.8 Å². The summed E-state index contributed by atoms with van der Waals surface area (Å²) in [6.07, 6.45) is 40.2. The van der Waals surface area contributed by atoms with E-state index in [4.69, 9.17) is 18.5 Å². The molecule has 1 unspecified atom stereocenters. The number of phosphoric ester groups is 1. The van der Waals surface area contributed by atoms with Crippen LogP contribution in [0.1, 0.15) is 181 Å². The van der Waals surface area contributed by atoms with Crippen molar-refractivity contribution < 1.29 is 42.1 Å². The van der Waals surface area contributed by atoms with E-state index in [9.17, 15) is 19.0 Å². The molecule has 0 N–H and O–H groups in total. The third-order valence-electron chi connectivity index (χ3n) is 9.16. The average molecular weight is 784 g/mol. The number of carbonyl (C=O) groups excluding carboxylic acids is 2. The predicted octanol–water partition coefficient (Wildman–Crippen LogP) is 11.5. The van der Waals surface area contributed by atoms with Crippen LogP contribution < -0.4 is 4.89 Å². The second-order valence-electron chi connectivity index (χ2n) is 15.7. The summed E-state index contributed by atoms with van der Waals surface area (Å²) >= 11 is 0. The van der Waals surface area contributed by atoms with Crippen molar-refractivity contribution in [1.29, 1.82) is 0 Å². The lowest BCUT2D eigenvalue weighted by Crippen LogP contribution is -2.37. The molecule has 0 aromatic rings. The molecule has 0 saturated carbocycles. The molecular weight excluding hydrogens is 701 g/mol. The van der Waals surface area contributed by atoms with Gasteiger partial charge in [0.15, 0.2) is 6.10 Å². The topological polar surface area (TPSA) is 111 Å². The van der Waals surface area contributed by atoms with Gasteiger partial charge in [-0.25, -0.2) is 0 Å². The van der Waals surface area contributed by atoms with Gasteiger partial charge in [0.25, 0.3) is 7.82 Å². The van der Waals surface area contributed by atoms with E-state index in [1.54, 1.807) is 0 Å². The van der Waals surface area contributed by atoms with Crippen LogP contribution in [0.3, 0.4) is 0 Å². The SMILES string of the molecule is CCCC/C=C/CCCCCCCCCCCC(=O)O[C@H](COC(=O)CCCCCCC/C=C/C=C/CCCCCC)COP(=O)([O-])OCC[N+](C)(C)C. The van der Waals surface area contributed by atoms with Crippen molar-refractivity contribution in [1.82, 2.24) is 0 Å². The van der Waals surface area contributed by atoms with E-state index in [1.165, 1.54) is 83.5 Å². The van der Waals surface area contributed by atoms with E-state index in [0.29, 0.717) is 23.9 Å². The van der Waals surface area contributed by atoms with Gasteiger partial charge < -0.3 is 27.9 Å². The lowest BCUT2D eigenvalue weighted by molar-refractivity contribution is -0.870. The second kappa shape index (κ2) is 36.8. The fraction of sp³-hybridized carbons (Fsp3) is 0.818. The largest absolute Gasteiger partial charge is 0.756 e. The molecule has 0 aliphatic heterocycles. The zero-order chi connectivity index (χ0) is 40.0. The lowest BCUT2D eigenvalue weighted by Gasteiger charge is -2.28. The fourth-order valence-corrected chi connectivity index (χ4v) is 6.41. The average Bonchev–Trinajstić information content (AvgIpc) is 3.12. The van der Waals surface area contributed by atoms with Crippen LogP contribution in [-0.4, -0.2) is 70.0 Å². The molecule has 0 saturated heterocycles. The summed E-state index contributed by atoms with van der Waals surface area (Å²) in [7, 11) is 1.15. The molecule has 0 heterocycles. The zero-order valence-corrected chi connectivity index (χ0v) is 36.3. The summed E-state index contributed by atoms with van der Waals surface area (Å²) in [6, 6.07) is 0. The molecule has 9 nitrogen and oxygen atoms in total. The van der Waals surface area contributed by atoms with Crippen molar-refractivity contribution in [3.63, 3.8) is 0 Å². The van der Waals surface area contributed by atoms with Gasteiger partial charge in [0.1, 0.15) is 19.8 Å². The van der Waals surface area contributed by atoms with Gasteiger partial charge in [0, 0.05) is 12.8 Å². The first kappa shape index (κ1) is 52.2. The maximum Gasteiger partial charge on any atom is 0.306 e. The van der Waals surface area contributed by atoms with Gasteiger partial charge in [-0.3, -0.25) is 14.2 Å². The minimum Gasteiger partial charge on any atom is -0.756 e. The standard InChI is InChI=1S/C44H82NO8P/c1-6-8-10-12-14-16-18-20-22-24-26-28-30-32-34-36-43(46)50-40-42(41-52-54(48,49)51-39-38-45(3,4)5)53-44(47)37-35-33-31-29-27-25-23-21-19-17-15-13-11-9-7-2/h13,15-16,18,20,22,42H,6-12,14,17,19,21,23-41H2,1-5H3/b15-13+,18-16+,22-20+/t42-/m1/s1. The van der Waals surface area contributed by atoms with Crippen LogP contribution in [0.15, 0.2) is 36.5 Å². The molecule has 2 atom stereocenters. The number of hydrogen-bond acceptors (Lipinski definition) is 8. The number of hydrogen-bond donors (Lipinski definition) is 0. The van der Waals surface area contributed by atoms with Crippen molar-refractivity contribution in [2.24, 2.45) is 0 Å². The number of esters is 2. The first-order chi connectivity index (χ1) is 26.0. The molecule has 0 bridgehead atoms. The van der Waals surface area contributed by atoms with Crippen LogP contribution in [0.5, 0.6) is 0 Å². The molecule has 0 radical (unpaired) electrons. The minimum atomic E-state index is -4.63. The molecule has 0 aliphatic carbocycles. The van der Waals surface area contributed by atoms with E-state index in [1.807, 2.05) is 21.1 Å². The number of unbranched alkanes of at least 4 members (excludes halogenated alkanes) is 20. The number of ether oxygens (including phenoxy) is 2. The van der Waals surface area contributed by atoms with Gasteiger partial charge in [0.05, 0.1) is 27.7 Å². The maximum atomic E-state index is 12.7. The highest BCUT2D eigenvalue weighted by atomic mass is 31.2. The predicted molar refractivity (Wildman–Crippen MR) is 222 cm³/mol. The summed E-state index contributed by atoms with van der Waals surface area (Å²) in [5, 5.41) is 0. The van der Waals surface area contributed by atoms with Crippen molar-refractivity contribution in [3.8, 4) is 0 Å². The van der Waals surface area contributed by atoms with E-state index in [2.05, 4.69) is 50.3 Å². The van der Waals surface area contributed by atoms with E-state index < -0.39 is 32.5 Å². The molecule has 0 rings (SSSR count). The van der Waals surface area contributed by atoms with Crippen molar-refractivity contribution >= 4 is 19.8 Å². The van der Waals surface area contributed by atoms with Crippen LogP contribution >= 0.6 is 7.82 Å². The van der Waals surface area contributed by atoms with Gasteiger partial charge in [-0.1, -0.05) is 147 Å². The number of allylic oxidation sites excluding steroid dienone is 6. The Morgan fingerprint density at radius 1 is 0.574 bits per heavy atom. The smallest absolute Gasteiger partial charge is 0.306 e. The van der Waals surface area contributed by atoms with E-state index in [0.717, 1.165) is 57.8 Å². The third kappa shape index (κ3) is 39.9. The molecule has 0 aromatic carbocycles. The Morgan fingerprint density at radius 2 is 1.02 bits per heavy atom.